The van der Waals surface area contributed by atoms with E-state index in [-0.39, 0.29) is 0 Å². The molecule has 0 fully saturated rings. The van der Waals surface area contributed by atoms with Gasteiger partial charge in [0.1, 0.15) is 0 Å². The number of imide groups is 2. The van der Waals surface area contributed by atoms with Crippen LogP contribution < -0.4 is 0 Å². The molecule has 30 heavy (non-hydrogen) atoms. The molecule has 0 aliphatic rings. The van der Waals surface area contributed by atoms with Gasteiger partial charge in [-0.05, 0) is 0 Å². The minimum absolute atomic E-state index is 0.548. The molecule has 0 atom stereocenters. The number of rotatable bonds is 5. The monoisotopic (exact) mass is 428 g/mol. The van der Waals surface area contributed by atoms with Crippen LogP contribution in [0.4, 0.5) is 9.59 Å². The largest absolute Gasteiger partial charge is 0.464 e. The van der Waals surface area contributed by atoms with E-state index in [0.717, 1.165) is 38.1 Å². The van der Waals surface area contributed by atoms with Gasteiger partial charge in [-0.2, -0.15) is 0 Å². The smallest absolute Gasteiger partial charge is 0.364 e. The van der Waals surface area contributed by atoms with Gasteiger partial charge in [-0.1, -0.05) is 0 Å². The number of amides is 6. The summed E-state index contributed by atoms with van der Waals surface area (Å²) in [6, 6.07) is -1.58. The Kier molecular flexibility index (Phi) is 9.79. The number of ether oxygens (including phenoxy) is 2. The lowest BCUT2D eigenvalue weighted by molar-refractivity contribution is -0.136. The lowest BCUT2D eigenvalue weighted by Gasteiger charge is -2.20. The summed E-state index contributed by atoms with van der Waals surface area (Å²) in [5, 5.41) is 6.66. The molecule has 14 heteroatoms. The quantitative estimate of drug-likeness (QED) is 0.219. The fraction of sp³-hybridized carbons (Fsp3) is 0.500. The van der Waals surface area contributed by atoms with Gasteiger partial charge in [-0.3, -0.25) is 19.4 Å². The summed E-state index contributed by atoms with van der Waals surface area (Å²) in [4.78, 5) is 75.9. The molecule has 0 N–H and O–H groups in total. The highest BCUT2D eigenvalue weighted by Crippen LogP contribution is 2.01. The highest BCUT2D eigenvalue weighted by atomic mass is 16.5. The lowest BCUT2D eigenvalue weighted by atomic mass is 10.3. The van der Waals surface area contributed by atoms with E-state index in [1.165, 1.54) is 28.2 Å². The third-order valence-electron chi connectivity index (χ3n) is 3.36. The van der Waals surface area contributed by atoms with Crippen molar-refractivity contribution < 1.29 is 38.2 Å². The van der Waals surface area contributed by atoms with E-state index in [1.807, 2.05) is 0 Å². The minimum atomic E-state index is -1.28. The summed E-state index contributed by atoms with van der Waals surface area (Å²) >= 11 is 0. The van der Waals surface area contributed by atoms with Crippen molar-refractivity contribution in [1.29, 1.82) is 0 Å². The Bertz CT molecular complexity index is 736. The van der Waals surface area contributed by atoms with Gasteiger partial charge in [-0.25, -0.2) is 19.2 Å². The zero-order chi connectivity index (χ0) is 23.8. The highest BCUT2D eigenvalue weighted by molar-refractivity contribution is 6.66. The first-order chi connectivity index (χ1) is 13.8. The zero-order valence-electron chi connectivity index (χ0n) is 17.9. The molecule has 0 saturated carbocycles. The Morgan fingerprint density at radius 2 is 0.833 bits per heavy atom. The summed E-state index contributed by atoms with van der Waals surface area (Å²) in [6.45, 7) is 0. The first-order valence-electron chi connectivity index (χ1n) is 8.12. The number of esters is 2. The molecule has 14 nitrogen and oxygen atoms in total. The second-order valence-electron chi connectivity index (χ2n) is 5.96. The molecule has 0 aromatic heterocycles. The number of nitrogens with zero attached hydrogens (tertiary/aromatic N) is 6. The summed E-state index contributed by atoms with van der Waals surface area (Å²) in [5.41, 5.74) is -1.99. The van der Waals surface area contributed by atoms with Crippen LogP contribution >= 0.6 is 0 Å². The van der Waals surface area contributed by atoms with E-state index in [1.54, 1.807) is 0 Å². The molecule has 0 bridgehead atoms. The second kappa shape index (κ2) is 11.2. The van der Waals surface area contributed by atoms with Gasteiger partial charge in [0, 0.05) is 42.3 Å². The minimum Gasteiger partial charge on any atom is -0.464 e. The standard InChI is InChI=1S/C16H24N6O8/c1-19(2)15(27)21(5)11(23)9(13(25)29-7)17-18-10(14(26)30-8)12(24)22(6)16(28)20(3)4/h1-8H3/b17-9-,18-10-. The fourth-order valence-electron chi connectivity index (χ4n) is 1.73. The molecular weight excluding hydrogens is 404 g/mol. The summed E-state index contributed by atoms with van der Waals surface area (Å²) in [5.74, 6) is -4.98. The third-order valence-corrected chi connectivity index (χ3v) is 3.36. The molecule has 0 radical (unpaired) electrons. The van der Waals surface area contributed by atoms with Crippen molar-refractivity contribution in [2.24, 2.45) is 10.2 Å². The van der Waals surface area contributed by atoms with Crippen molar-refractivity contribution in [2.45, 2.75) is 0 Å². The van der Waals surface area contributed by atoms with Crippen LogP contribution in [0.2, 0.25) is 0 Å². The highest BCUT2D eigenvalue weighted by Gasteiger charge is 2.32. The van der Waals surface area contributed by atoms with E-state index in [2.05, 4.69) is 19.7 Å². The van der Waals surface area contributed by atoms with Crippen molar-refractivity contribution in [3.63, 3.8) is 0 Å². The van der Waals surface area contributed by atoms with E-state index in [9.17, 15) is 28.8 Å². The SMILES string of the molecule is COC(=O)/C(=N\N=C(/C(=O)OC)C(=O)N(C)C(=O)N(C)C)C(=O)N(C)C(=O)N(C)C. The maximum atomic E-state index is 12.4. The molecule has 0 aromatic rings. The van der Waals surface area contributed by atoms with Crippen LogP contribution in [-0.2, 0) is 28.7 Å². The zero-order valence-corrected chi connectivity index (χ0v) is 17.9. The van der Waals surface area contributed by atoms with Gasteiger partial charge in [0.05, 0.1) is 14.2 Å². The molecule has 0 heterocycles. The lowest BCUT2D eigenvalue weighted by Crippen LogP contribution is -2.46. The van der Waals surface area contributed by atoms with Crippen LogP contribution in [0.3, 0.4) is 0 Å². The molecule has 166 valence electrons. The van der Waals surface area contributed by atoms with Gasteiger partial charge in [0.25, 0.3) is 11.8 Å². The van der Waals surface area contributed by atoms with Crippen molar-refractivity contribution in [2.75, 3.05) is 56.5 Å². The van der Waals surface area contributed by atoms with Crippen LogP contribution in [0.15, 0.2) is 10.2 Å². The first-order valence-corrected chi connectivity index (χ1v) is 8.12. The number of methoxy groups -OCH3 is 2. The normalized spacial score (nSPS) is 11.2. The Hall–Kier alpha value is -3.84. The van der Waals surface area contributed by atoms with Crippen LogP contribution in [0.25, 0.3) is 0 Å². The molecule has 0 aromatic carbocycles. The molecular formula is C16H24N6O8. The molecule has 0 aliphatic heterocycles. The van der Waals surface area contributed by atoms with Crippen molar-refractivity contribution in [3.8, 4) is 0 Å². The molecule has 0 aliphatic carbocycles. The van der Waals surface area contributed by atoms with Gasteiger partial charge in [0.2, 0.25) is 11.4 Å². The van der Waals surface area contributed by atoms with Crippen LogP contribution in [0, 0.1) is 0 Å². The molecule has 6 amide bonds. The Balaban J connectivity index is 6.31. The summed E-state index contributed by atoms with van der Waals surface area (Å²) < 4.78 is 8.87. The van der Waals surface area contributed by atoms with Crippen LogP contribution in [0.1, 0.15) is 0 Å². The third kappa shape index (κ3) is 6.35. The topological polar surface area (TPSA) is 159 Å². The molecule has 0 saturated heterocycles. The van der Waals surface area contributed by atoms with Gasteiger partial charge < -0.3 is 19.3 Å². The number of carbonyl (C=O) groups excluding carboxylic acids is 6. The average molecular weight is 428 g/mol. The fourth-order valence-corrected chi connectivity index (χ4v) is 1.73. The van der Waals surface area contributed by atoms with E-state index in [4.69, 9.17) is 0 Å². The predicted octanol–water partition coefficient (Wildman–Crippen LogP) is -1.59. The number of hydrogen-bond acceptors (Lipinski definition) is 10. The van der Waals surface area contributed by atoms with Gasteiger partial charge in [-0.15, -0.1) is 10.2 Å². The Morgan fingerprint density at radius 3 is 1.03 bits per heavy atom. The van der Waals surface area contributed by atoms with E-state index >= 15 is 0 Å². The van der Waals surface area contributed by atoms with Crippen molar-refractivity contribution >= 4 is 47.2 Å². The van der Waals surface area contributed by atoms with Gasteiger partial charge in [0.15, 0.2) is 0 Å². The van der Waals surface area contributed by atoms with Crippen molar-refractivity contribution in [1.82, 2.24) is 19.6 Å². The van der Waals surface area contributed by atoms with Gasteiger partial charge >= 0.3 is 24.0 Å². The first kappa shape index (κ1) is 26.2. The maximum Gasteiger partial charge on any atom is 0.364 e. The maximum absolute atomic E-state index is 12.4. The Labute approximate surface area is 172 Å². The Morgan fingerprint density at radius 1 is 0.567 bits per heavy atom. The van der Waals surface area contributed by atoms with Crippen LogP contribution in [-0.4, -0.2) is 123 Å². The number of carbonyl (C=O) groups is 6. The molecule has 0 rings (SSSR count). The summed E-state index contributed by atoms with van der Waals surface area (Å²) in [7, 11) is 9.49. The molecule has 0 spiro atoms. The van der Waals surface area contributed by atoms with Crippen LogP contribution in [0.5, 0.6) is 0 Å². The average Bonchev–Trinajstić information content (AvgIpc) is 2.72. The number of urea groups is 2. The second-order valence-corrected chi connectivity index (χ2v) is 5.96. The predicted molar refractivity (Wildman–Crippen MR) is 103 cm³/mol. The summed E-state index contributed by atoms with van der Waals surface area (Å²) in [6.07, 6.45) is 0. The van der Waals surface area contributed by atoms with E-state index < -0.39 is 47.2 Å². The molecule has 0 unspecified atom stereocenters. The number of hydrogen-bond donors (Lipinski definition) is 0. The van der Waals surface area contributed by atoms with Crippen molar-refractivity contribution in [3.05, 3.63) is 0 Å². The van der Waals surface area contributed by atoms with E-state index in [0.29, 0.717) is 9.80 Å².